The lowest BCUT2D eigenvalue weighted by atomic mass is 9.91. The summed E-state index contributed by atoms with van der Waals surface area (Å²) >= 11 is 0. The molecule has 0 spiro atoms. The van der Waals surface area contributed by atoms with Gasteiger partial charge in [0.15, 0.2) is 5.82 Å². The number of phenolic OH excluding ortho intramolecular Hbond substituents is 1. The molecule has 47 heavy (non-hydrogen) atoms. The van der Waals surface area contributed by atoms with E-state index >= 15 is 8.78 Å². The Labute approximate surface area is 266 Å². The third-order valence-corrected chi connectivity index (χ3v) is 10.4. The maximum atomic E-state index is 16.9. The van der Waals surface area contributed by atoms with Gasteiger partial charge >= 0.3 is 6.01 Å². The molecule has 0 bridgehead atoms. The highest BCUT2D eigenvalue weighted by Gasteiger charge is 2.50. The molecule has 4 aliphatic heterocycles. The fraction of sp³-hybridized carbons (Fsp3) is 0.412. The van der Waals surface area contributed by atoms with Gasteiger partial charge in [-0.2, -0.15) is 9.97 Å². The maximum absolute atomic E-state index is 16.9. The highest BCUT2D eigenvalue weighted by atomic mass is 19.1. The summed E-state index contributed by atoms with van der Waals surface area (Å²) in [5, 5.41) is 13.5. The number of benzene rings is 3. The van der Waals surface area contributed by atoms with Gasteiger partial charge in [0.1, 0.15) is 41.5 Å². The molecular weight excluding hydrogens is 618 g/mol. The number of carbonyl (C=O) groups excluding carboxylic acids is 2. The maximum Gasteiger partial charge on any atom is 0.319 e. The molecule has 5 heterocycles. The average Bonchev–Trinajstić information content (AvgIpc) is 3.77. The van der Waals surface area contributed by atoms with E-state index in [4.69, 9.17) is 4.74 Å². The fourth-order valence-corrected chi connectivity index (χ4v) is 8.22. The van der Waals surface area contributed by atoms with Crippen LogP contribution in [0.3, 0.4) is 0 Å². The lowest BCUT2D eigenvalue weighted by Crippen LogP contribution is -2.43. The molecule has 4 saturated heterocycles. The third kappa shape index (κ3) is 4.61. The number of nitrogens with one attached hydrogen (secondary N) is 1. The van der Waals surface area contributed by atoms with E-state index in [2.05, 4.69) is 20.2 Å². The average molecular weight is 650 g/mol. The Hall–Kier alpha value is -4.52. The van der Waals surface area contributed by atoms with Crippen molar-refractivity contribution in [2.75, 3.05) is 37.7 Å². The Morgan fingerprint density at radius 2 is 1.81 bits per heavy atom. The molecule has 4 fully saturated rings. The summed E-state index contributed by atoms with van der Waals surface area (Å²) in [6, 6.07) is 6.14. The smallest absolute Gasteiger partial charge is 0.319 e. The largest absolute Gasteiger partial charge is 0.508 e. The Balaban J connectivity index is 1.30. The molecule has 0 saturated carbocycles. The van der Waals surface area contributed by atoms with E-state index < -0.39 is 58.4 Å². The molecule has 8 rings (SSSR count). The molecule has 9 nitrogen and oxygen atoms in total. The summed E-state index contributed by atoms with van der Waals surface area (Å²) in [5.41, 5.74) is -1.18. The van der Waals surface area contributed by atoms with Gasteiger partial charge in [0, 0.05) is 31.4 Å². The summed E-state index contributed by atoms with van der Waals surface area (Å²) < 4.78 is 68.6. The predicted octanol–water partition coefficient (Wildman–Crippen LogP) is 4.80. The first-order chi connectivity index (χ1) is 22.6. The minimum atomic E-state index is -1.08. The number of amides is 2. The standard InChI is InChI=1S/C34H31F4N5O4/c1-2-19-24(36)5-4-16-8-18(44)9-20(26(16)19)27-25(37)10-21-29(28(27)38)39-33(47-15-34-6-3-7-43(34)12-17(35)11-34)40-30(21)42-13-22-23(14-42)32(46)41-31(22)45/h4-5,8-10,17,22-23,44H,2-3,6-7,11-15H2,1H3,(H,41,45,46)/t17-,22?,23?,34+/m1/s1. The van der Waals surface area contributed by atoms with E-state index in [-0.39, 0.29) is 77.5 Å². The second kappa shape index (κ2) is 10.8. The Morgan fingerprint density at radius 3 is 2.55 bits per heavy atom. The molecule has 0 radical (unpaired) electrons. The number of fused-ring (bicyclic) bond motifs is 4. The van der Waals surface area contributed by atoms with Crippen molar-refractivity contribution in [1.29, 1.82) is 0 Å². The van der Waals surface area contributed by atoms with Gasteiger partial charge in [0.05, 0.1) is 22.9 Å². The Kier molecular flexibility index (Phi) is 6.83. The summed E-state index contributed by atoms with van der Waals surface area (Å²) in [4.78, 5) is 37.5. The van der Waals surface area contributed by atoms with Gasteiger partial charge in [-0.3, -0.25) is 19.8 Å². The highest BCUT2D eigenvalue weighted by Crippen LogP contribution is 2.44. The first-order valence-corrected chi connectivity index (χ1v) is 15.8. The summed E-state index contributed by atoms with van der Waals surface area (Å²) in [7, 11) is 0. The molecule has 4 atom stereocenters. The number of carbonyl (C=O) groups is 2. The summed E-state index contributed by atoms with van der Waals surface area (Å²) in [6.07, 6.45) is 1.10. The van der Waals surface area contributed by atoms with Crippen LogP contribution in [0.4, 0.5) is 23.4 Å². The number of aromatic nitrogens is 2. The molecule has 2 N–H and O–H groups in total. The number of imide groups is 1. The van der Waals surface area contributed by atoms with Crippen molar-refractivity contribution in [2.24, 2.45) is 11.8 Å². The molecule has 2 unspecified atom stereocenters. The zero-order valence-corrected chi connectivity index (χ0v) is 25.5. The van der Waals surface area contributed by atoms with Crippen molar-refractivity contribution in [2.45, 2.75) is 44.3 Å². The molecule has 244 valence electrons. The van der Waals surface area contributed by atoms with Crippen molar-refractivity contribution in [3.05, 3.63) is 53.3 Å². The number of ether oxygens (including phenoxy) is 1. The molecule has 3 aromatic carbocycles. The van der Waals surface area contributed by atoms with E-state index in [1.54, 1.807) is 11.8 Å². The van der Waals surface area contributed by atoms with Crippen molar-refractivity contribution in [3.8, 4) is 22.9 Å². The zero-order valence-electron chi connectivity index (χ0n) is 25.5. The Morgan fingerprint density at radius 1 is 1.04 bits per heavy atom. The number of alkyl halides is 1. The van der Waals surface area contributed by atoms with Crippen molar-refractivity contribution < 1.29 is 37.0 Å². The van der Waals surface area contributed by atoms with Crippen LogP contribution in [-0.4, -0.2) is 76.3 Å². The number of aryl methyl sites for hydroxylation is 1. The van der Waals surface area contributed by atoms with Crippen LogP contribution >= 0.6 is 0 Å². The molecule has 2 amide bonds. The van der Waals surface area contributed by atoms with Crippen LogP contribution in [0, 0.1) is 29.3 Å². The lowest BCUT2D eigenvalue weighted by Gasteiger charge is -2.31. The van der Waals surface area contributed by atoms with Gasteiger partial charge in [0.2, 0.25) is 11.8 Å². The first-order valence-electron chi connectivity index (χ1n) is 15.8. The summed E-state index contributed by atoms with van der Waals surface area (Å²) in [5.74, 6) is -4.96. The van der Waals surface area contributed by atoms with Crippen molar-refractivity contribution in [1.82, 2.24) is 20.2 Å². The third-order valence-electron chi connectivity index (χ3n) is 10.4. The fourth-order valence-electron chi connectivity index (χ4n) is 8.22. The predicted molar refractivity (Wildman–Crippen MR) is 164 cm³/mol. The highest BCUT2D eigenvalue weighted by molar-refractivity contribution is 6.07. The van der Waals surface area contributed by atoms with Gasteiger partial charge in [-0.05, 0) is 72.0 Å². The van der Waals surface area contributed by atoms with Crippen LogP contribution in [0.25, 0.3) is 32.8 Å². The topological polar surface area (TPSA) is 108 Å². The number of rotatable bonds is 6. The molecular formula is C34H31F4N5O4. The van der Waals surface area contributed by atoms with Crippen molar-refractivity contribution in [3.63, 3.8) is 0 Å². The van der Waals surface area contributed by atoms with Gasteiger partial charge in [-0.25, -0.2) is 17.6 Å². The minimum Gasteiger partial charge on any atom is -0.508 e. The Bertz CT molecular complexity index is 1990. The molecule has 1 aromatic heterocycles. The molecule has 4 aliphatic rings. The monoisotopic (exact) mass is 649 g/mol. The van der Waals surface area contributed by atoms with Crippen LogP contribution in [0.2, 0.25) is 0 Å². The number of hydrogen-bond donors (Lipinski definition) is 2. The van der Waals surface area contributed by atoms with Crippen LogP contribution in [0.15, 0.2) is 30.3 Å². The van der Waals surface area contributed by atoms with Crippen LogP contribution < -0.4 is 15.0 Å². The number of nitrogens with zero attached hydrogens (tertiary/aromatic N) is 4. The van der Waals surface area contributed by atoms with E-state index in [0.717, 1.165) is 19.0 Å². The van der Waals surface area contributed by atoms with E-state index in [1.165, 1.54) is 24.3 Å². The van der Waals surface area contributed by atoms with Crippen LogP contribution in [0.5, 0.6) is 11.8 Å². The van der Waals surface area contributed by atoms with E-state index in [9.17, 15) is 23.5 Å². The number of phenols is 1. The van der Waals surface area contributed by atoms with Gasteiger partial charge < -0.3 is 14.7 Å². The number of aromatic hydroxyl groups is 1. The molecule has 13 heteroatoms. The van der Waals surface area contributed by atoms with Gasteiger partial charge in [-0.15, -0.1) is 0 Å². The molecule has 4 aromatic rings. The number of anilines is 1. The normalized spacial score (nSPS) is 25.6. The summed E-state index contributed by atoms with van der Waals surface area (Å²) in [6.45, 7) is 2.97. The minimum absolute atomic E-state index is 0.0133. The van der Waals surface area contributed by atoms with Gasteiger partial charge in [0.25, 0.3) is 0 Å². The number of hydrogen-bond acceptors (Lipinski definition) is 8. The first kappa shape index (κ1) is 29.9. The van der Waals surface area contributed by atoms with Crippen LogP contribution in [0.1, 0.15) is 31.7 Å². The second-order valence-corrected chi connectivity index (χ2v) is 13.1. The lowest BCUT2D eigenvalue weighted by molar-refractivity contribution is -0.126. The second-order valence-electron chi connectivity index (χ2n) is 13.1. The number of halogens is 4. The van der Waals surface area contributed by atoms with Gasteiger partial charge in [-0.1, -0.05) is 13.0 Å². The zero-order chi connectivity index (χ0) is 32.8. The molecule has 0 aliphatic carbocycles. The van der Waals surface area contributed by atoms with Crippen LogP contribution in [-0.2, 0) is 16.0 Å². The van der Waals surface area contributed by atoms with E-state index in [1.807, 2.05) is 0 Å². The van der Waals surface area contributed by atoms with Crippen molar-refractivity contribution >= 4 is 39.3 Å². The SMILES string of the molecule is CCc1c(F)ccc2cc(O)cc(-c3c(F)cc4c(N5CC6C(=O)NC(=O)C6C5)nc(OC[C@@]56CCCN5C[C@H](F)C6)nc4c3F)c12. The quantitative estimate of drug-likeness (QED) is 0.227. The van der Waals surface area contributed by atoms with E-state index in [0.29, 0.717) is 18.4 Å².